The molecule has 0 unspecified atom stereocenters. The lowest BCUT2D eigenvalue weighted by atomic mass is 10.3. The first-order chi connectivity index (χ1) is 13.7. The number of carbonyl (C=O) groups is 2. The number of rotatable bonds is 9. The minimum atomic E-state index is -3.57. The second-order valence-electron chi connectivity index (χ2n) is 6.58. The van der Waals surface area contributed by atoms with Gasteiger partial charge < -0.3 is 15.1 Å². The number of anilines is 1. The molecule has 0 aliphatic carbocycles. The number of amides is 2. The molecule has 0 spiro atoms. The SMILES string of the molecule is CC(C)N(C)S(=O)(=O)c1ccc(NC(=O)CCNC(=O)/C=C/c2ccco2)cc1. The van der Waals surface area contributed by atoms with Crippen molar-refractivity contribution < 1.29 is 22.4 Å². The Morgan fingerprint density at radius 2 is 1.86 bits per heavy atom. The van der Waals surface area contributed by atoms with Crippen LogP contribution in [-0.2, 0) is 19.6 Å². The molecule has 0 fully saturated rings. The number of hydrogen-bond donors (Lipinski definition) is 2. The Kier molecular flexibility index (Phi) is 7.74. The van der Waals surface area contributed by atoms with E-state index in [2.05, 4.69) is 10.6 Å². The number of nitrogens with one attached hydrogen (secondary N) is 2. The van der Waals surface area contributed by atoms with E-state index in [1.54, 1.807) is 26.0 Å². The molecule has 0 saturated carbocycles. The maximum atomic E-state index is 12.4. The maximum Gasteiger partial charge on any atom is 0.244 e. The lowest BCUT2D eigenvalue weighted by Gasteiger charge is -2.21. The molecule has 1 aromatic carbocycles. The van der Waals surface area contributed by atoms with E-state index >= 15 is 0 Å². The van der Waals surface area contributed by atoms with Crippen LogP contribution in [0.2, 0.25) is 0 Å². The Balaban J connectivity index is 1.81. The van der Waals surface area contributed by atoms with Crippen molar-refractivity contribution in [2.75, 3.05) is 18.9 Å². The van der Waals surface area contributed by atoms with E-state index < -0.39 is 10.0 Å². The summed E-state index contributed by atoms with van der Waals surface area (Å²) in [5.41, 5.74) is 0.477. The highest BCUT2D eigenvalue weighted by molar-refractivity contribution is 7.89. The van der Waals surface area contributed by atoms with Crippen LogP contribution >= 0.6 is 0 Å². The van der Waals surface area contributed by atoms with Gasteiger partial charge in [0.15, 0.2) is 0 Å². The fourth-order valence-corrected chi connectivity index (χ4v) is 3.65. The van der Waals surface area contributed by atoms with Crippen LogP contribution in [0.1, 0.15) is 26.0 Å². The highest BCUT2D eigenvalue weighted by atomic mass is 32.2. The fourth-order valence-electron chi connectivity index (χ4n) is 2.28. The van der Waals surface area contributed by atoms with Crippen LogP contribution in [-0.4, -0.2) is 44.2 Å². The highest BCUT2D eigenvalue weighted by Gasteiger charge is 2.22. The average Bonchev–Trinajstić information content (AvgIpc) is 3.19. The second-order valence-corrected chi connectivity index (χ2v) is 8.57. The summed E-state index contributed by atoms with van der Waals surface area (Å²) in [4.78, 5) is 23.8. The standard InChI is InChI=1S/C20H25N3O5S/c1-15(2)23(3)29(26,27)18-9-6-16(7-10-18)22-20(25)12-13-21-19(24)11-8-17-5-4-14-28-17/h4-11,14-15H,12-13H2,1-3H3,(H,21,24)(H,22,25)/b11-8+. The van der Waals surface area contributed by atoms with Crippen LogP contribution in [0, 0.1) is 0 Å². The summed E-state index contributed by atoms with van der Waals surface area (Å²) in [6, 6.07) is 9.23. The highest BCUT2D eigenvalue weighted by Crippen LogP contribution is 2.19. The van der Waals surface area contributed by atoms with Gasteiger partial charge in [-0.15, -0.1) is 0 Å². The van der Waals surface area contributed by atoms with Gasteiger partial charge in [-0.2, -0.15) is 4.31 Å². The molecule has 2 amide bonds. The summed E-state index contributed by atoms with van der Waals surface area (Å²) in [6.45, 7) is 3.74. The first kappa shape index (κ1) is 22.4. The number of sulfonamides is 1. The zero-order valence-electron chi connectivity index (χ0n) is 16.6. The molecule has 0 aliphatic rings. The molecule has 9 heteroatoms. The van der Waals surface area contributed by atoms with Gasteiger partial charge in [-0.3, -0.25) is 9.59 Å². The van der Waals surface area contributed by atoms with E-state index in [-0.39, 0.29) is 35.7 Å². The van der Waals surface area contributed by atoms with Gasteiger partial charge in [-0.1, -0.05) is 0 Å². The molecule has 0 bridgehead atoms. The minimum Gasteiger partial charge on any atom is -0.465 e. The molecular formula is C20H25N3O5S. The van der Waals surface area contributed by atoms with E-state index in [1.807, 2.05) is 0 Å². The lowest BCUT2D eigenvalue weighted by Crippen LogP contribution is -2.33. The van der Waals surface area contributed by atoms with Crippen molar-refractivity contribution >= 4 is 33.6 Å². The van der Waals surface area contributed by atoms with Crippen molar-refractivity contribution in [3.8, 4) is 0 Å². The average molecular weight is 420 g/mol. The molecular weight excluding hydrogens is 394 g/mol. The summed E-state index contributed by atoms with van der Waals surface area (Å²) in [5.74, 6) is -0.0730. The maximum absolute atomic E-state index is 12.4. The van der Waals surface area contributed by atoms with E-state index in [1.165, 1.54) is 54.0 Å². The van der Waals surface area contributed by atoms with Crippen LogP contribution in [0.4, 0.5) is 5.69 Å². The number of furan rings is 1. The number of carbonyl (C=O) groups excluding carboxylic acids is 2. The Hall–Kier alpha value is -2.91. The van der Waals surface area contributed by atoms with Crippen LogP contribution in [0.5, 0.6) is 0 Å². The molecule has 0 radical (unpaired) electrons. The normalized spacial score (nSPS) is 11.9. The molecule has 1 aromatic heterocycles. The Morgan fingerprint density at radius 3 is 2.45 bits per heavy atom. The predicted octanol–water partition coefficient (Wildman–Crippen LogP) is 2.47. The van der Waals surface area contributed by atoms with Gasteiger partial charge in [0, 0.05) is 37.8 Å². The van der Waals surface area contributed by atoms with Gasteiger partial charge in [0.05, 0.1) is 11.2 Å². The molecule has 156 valence electrons. The summed E-state index contributed by atoms with van der Waals surface area (Å²) in [5, 5.41) is 5.27. The van der Waals surface area contributed by atoms with Crippen LogP contribution in [0.25, 0.3) is 6.08 Å². The first-order valence-electron chi connectivity index (χ1n) is 9.07. The first-order valence-corrected chi connectivity index (χ1v) is 10.5. The van der Waals surface area contributed by atoms with E-state index in [0.29, 0.717) is 11.4 Å². The van der Waals surface area contributed by atoms with Crippen molar-refractivity contribution in [2.45, 2.75) is 31.2 Å². The molecule has 0 aliphatic heterocycles. The molecule has 1 heterocycles. The van der Waals surface area contributed by atoms with Crippen molar-refractivity contribution in [3.05, 3.63) is 54.5 Å². The van der Waals surface area contributed by atoms with E-state index in [9.17, 15) is 18.0 Å². The third kappa shape index (κ3) is 6.58. The molecule has 29 heavy (non-hydrogen) atoms. The van der Waals surface area contributed by atoms with Gasteiger partial charge in [-0.05, 0) is 56.3 Å². The fraction of sp³-hybridized carbons (Fsp3) is 0.300. The largest absolute Gasteiger partial charge is 0.465 e. The summed E-state index contributed by atoms with van der Waals surface area (Å²) in [6.07, 6.45) is 4.44. The zero-order chi connectivity index (χ0) is 21.4. The van der Waals surface area contributed by atoms with Crippen molar-refractivity contribution in [3.63, 3.8) is 0 Å². The van der Waals surface area contributed by atoms with Gasteiger partial charge in [0.2, 0.25) is 21.8 Å². The van der Waals surface area contributed by atoms with Crippen molar-refractivity contribution in [1.29, 1.82) is 0 Å². The summed E-state index contributed by atoms with van der Waals surface area (Å²) in [7, 11) is -2.05. The van der Waals surface area contributed by atoms with Crippen LogP contribution < -0.4 is 10.6 Å². The van der Waals surface area contributed by atoms with E-state index in [0.717, 1.165) is 0 Å². The van der Waals surface area contributed by atoms with Crippen molar-refractivity contribution in [2.24, 2.45) is 0 Å². The smallest absolute Gasteiger partial charge is 0.244 e. The Morgan fingerprint density at radius 1 is 1.17 bits per heavy atom. The predicted molar refractivity (Wildman–Crippen MR) is 111 cm³/mol. The molecule has 2 aromatic rings. The van der Waals surface area contributed by atoms with Gasteiger partial charge in [0.1, 0.15) is 5.76 Å². The third-order valence-electron chi connectivity index (χ3n) is 4.14. The quantitative estimate of drug-likeness (QED) is 0.607. The number of nitrogens with zero attached hydrogens (tertiary/aromatic N) is 1. The molecule has 0 atom stereocenters. The monoisotopic (exact) mass is 419 g/mol. The van der Waals surface area contributed by atoms with Gasteiger partial charge >= 0.3 is 0 Å². The molecule has 2 rings (SSSR count). The minimum absolute atomic E-state index is 0.0798. The van der Waals surface area contributed by atoms with Crippen LogP contribution in [0.3, 0.4) is 0 Å². The van der Waals surface area contributed by atoms with Crippen LogP contribution in [0.15, 0.2) is 58.1 Å². The third-order valence-corrected chi connectivity index (χ3v) is 6.18. The topological polar surface area (TPSA) is 109 Å². The summed E-state index contributed by atoms with van der Waals surface area (Å²) < 4.78 is 31.2. The summed E-state index contributed by atoms with van der Waals surface area (Å²) >= 11 is 0. The lowest BCUT2D eigenvalue weighted by molar-refractivity contribution is -0.117. The van der Waals surface area contributed by atoms with E-state index in [4.69, 9.17) is 4.42 Å². The second kappa shape index (κ2) is 10.0. The number of benzene rings is 1. The molecule has 0 saturated heterocycles. The Labute approximate surface area is 170 Å². The van der Waals surface area contributed by atoms with Gasteiger partial charge in [0.25, 0.3) is 0 Å². The van der Waals surface area contributed by atoms with Crippen molar-refractivity contribution in [1.82, 2.24) is 9.62 Å². The van der Waals surface area contributed by atoms with Gasteiger partial charge in [-0.25, -0.2) is 8.42 Å². The molecule has 8 nitrogen and oxygen atoms in total. The number of hydrogen-bond acceptors (Lipinski definition) is 5. The zero-order valence-corrected chi connectivity index (χ0v) is 17.4. The molecule has 2 N–H and O–H groups in total. The Bertz CT molecular complexity index is 949.